The molecule has 0 atom stereocenters. The van der Waals surface area contributed by atoms with Crippen LogP contribution in [-0.4, -0.2) is 38.3 Å². The molecule has 6 nitrogen and oxygen atoms in total. The number of carbonyl (C=O) groups is 1. The molecule has 1 N–H and O–H groups in total. The quantitative estimate of drug-likeness (QED) is 0.469. The summed E-state index contributed by atoms with van der Waals surface area (Å²) in [7, 11) is 3.16. The van der Waals surface area contributed by atoms with Crippen LogP contribution < -0.4 is 19.5 Å². The van der Waals surface area contributed by atoms with Crippen molar-refractivity contribution < 1.29 is 19.0 Å². The number of fused-ring (bicyclic) bond motifs is 2. The number of para-hydroxylation sites is 1. The highest BCUT2D eigenvalue weighted by Crippen LogP contribution is 2.32. The molecule has 0 unspecified atom stereocenters. The van der Waals surface area contributed by atoms with E-state index in [4.69, 9.17) is 14.2 Å². The van der Waals surface area contributed by atoms with Crippen LogP contribution in [0, 0.1) is 0 Å². The van der Waals surface area contributed by atoms with Crippen LogP contribution in [0.25, 0.3) is 21.7 Å². The van der Waals surface area contributed by atoms with Gasteiger partial charge in [-0.05, 0) is 35.7 Å². The highest BCUT2D eigenvalue weighted by atomic mass is 16.5. The Morgan fingerprint density at radius 3 is 2.43 bits per heavy atom. The third kappa shape index (κ3) is 3.85. The summed E-state index contributed by atoms with van der Waals surface area (Å²) in [6.45, 7) is 0.673. The molecule has 4 aromatic rings. The Labute approximate surface area is 174 Å². The van der Waals surface area contributed by atoms with E-state index in [0.717, 1.165) is 27.4 Å². The Hall–Kier alpha value is -3.80. The largest absolute Gasteiger partial charge is 0.496 e. The average molecular weight is 402 g/mol. The predicted molar refractivity (Wildman–Crippen MR) is 117 cm³/mol. The maximum Gasteiger partial charge on any atom is 0.255 e. The zero-order chi connectivity index (χ0) is 20.9. The van der Waals surface area contributed by atoms with Crippen LogP contribution in [0.1, 0.15) is 10.4 Å². The number of pyridine rings is 1. The van der Waals surface area contributed by atoms with Crippen LogP contribution >= 0.6 is 0 Å². The van der Waals surface area contributed by atoms with Gasteiger partial charge in [-0.3, -0.25) is 9.78 Å². The number of hydrogen-bond acceptors (Lipinski definition) is 5. The lowest BCUT2D eigenvalue weighted by molar-refractivity contribution is 0.0944. The second-order valence-corrected chi connectivity index (χ2v) is 6.67. The van der Waals surface area contributed by atoms with Crippen molar-refractivity contribution in [2.24, 2.45) is 0 Å². The highest BCUT2D eigenvalue weighted by molar-refractivity contribution is 6.02. The SMILES string of the molecule is COc1cc2c(OC)cccc2cc1C(=O)NCCOc1cccc2cccnc12. The number of aromatic nitrogens is 1. The first kappa shape index (κ1) is 19.5. The molecule has 0 aliphatic carbocycles. The van der Waals surface area contributed by atoms with E-state index in [1.54, 1.807) is 20.4 Å². The van der Waals surface area contributed by atoms with E-state index in [0.29, 0.717) is 30.2 Å². The number of benzene rings is 3. The van der Waals surface area contributed by atoms with E-state index in [1.807, 2.05) is 60.7 Å². The minimum Gasteiger partial charge on any atom is -0.496 e. The van der Waals surface area contributed by atoms with Crippen molar-refractivity contribution in [2.75, 3.05) is 27.4 Å². The maximum atomic E-state index is 12.8. The van der Waals surface area contributed by atoms with Gasteiger partial charge in [0.15, 0.2) is 0 Å². The van der Waals surface area contributed by atoms with Crippen molar-refractivity contribution in [3.8, 4) is 17.2 Å². The van der Waals surface area contributed by atoms with Crippen molar-refractivity contribution in [1.82, 2.24) is 10.3 Å². The third-order valence-electron chi connectivity index (χ3n) is 4.87. The molecule has 0 fully saturated rings. The van der Waals surface area contributed by atoms with E-state index in [-0.39, 0.29) is 5.91 Å². The average Bonchev–Trinajstić information content (AvgIpc) is 2.80. The predicted octanol–water partition coefficient (Wildman–Crippen LogP) is 4.21. The minimum absolute atomic E-state index is 0.226. The number of nitrogens with one attached hydrogen (secondary N) is 1. The van der Waals surface area contributed by atoms with Gasteiger partial charge in [-0.25, -0.2) is 0 Å². The Morgan fingerprint density at radius 2 is 1.63 bits per heavy atom. The minimum atomic E-state index is -0.226. The summed E-state index contributed by atoms with van der Waals surface area (Å²) in [4.78, 5) is 17.1. The number of methoxy groups -OCH3 is 2. The molecule has 0 spiro atoms. The summed E-state index contributed by atoms with van der Waals surface area (Å²) in [5.74, 6) is 1.69. The number of rotatable bonds is 7. The van der Waals surface area contributed by atoms with Crippen LogP contribution in [0.15, 0.2) is 66.9 Å². The van der Waals surface area contributed by atoms with Gasteiger partial charge in [0.05, 0.1) is 26.3 Å². The Balaban J connectivity index is 1.45. The molecule has 1 aromatic heterocycles. The smallest absolute Gasteiger partial charge is 0.255 e. The highest BCUT2D eigenvalue weighted by Gasteiger charge is 2.15. The second-order valence-electron chi connectivity index (χ2n) is 6.67. The monoisotopic (exact) mass is 402 g/mol. The molecule has 152 valence electrons. The zero-order valence-electron chi connectivity index (χ0n) is 16.8. The number of amides is 1. The summed E-state index contributed by atoms with van der Waals surface area (Å²) >= 11 is 0. The van der Waals surface area contributed by atoms with Gasteiger partial charge in [0.2, 0.25) is 0 Å². The Bertz CT molecular complexity index is 1200. The van der Waals surface area contributed by atoms with Gasteiger partial charge in [-0.2, -0.15) is 0 Å². The molecule has 0 saturated heterocycles. The molecule has 4 rings (SSSR count). The molecule has 1 amide bonds. The van der Waals surface area contributed by atoms with Gasteiger partial charge in [-0.15, -0.1) is 0 Å². The molecule has 0 radical (unpaired) electrons. The first-order chi connectivity index (χ1) is 14.7. The number of carbonyl (C=O) groups excluding carboxylic acids is 1. The van der Waals surface area contributed by atoms with Crippen molar-refractivity contribution in [2.45, 2.75) is 0 Å². The molecule has 0 aliphatic rings. The molecule has 6 heteroatoms. The first-order valence-corrected chi connectivity index (χ1v) is 9.61. The van der Waals surface area contributed by atoms with Crippen molar-refractivity contribution in [3.63, 3.8) is 0 Å². The van der Waals surface area contributed by atoms with E-state index in [2.05, 4.69) is 10.3 Å². The van der Waals surface area contributed by atoms with E-state index >= 15 is 0 Å². The normalized spacial score (nSPS) is 10.7. The molecule has 30 heavy (non-hydrogen) atoms. The summed E-state index contributed by atoms with van der Waals surface area (Å²) in [5, 5.41) is 5.69. The fourth-order valence-corrected chi connectivity index (χ4v) is 3.41. The molecule has 0 saturated carbocycles. The second kappa shape index (κ2) is 8.69. The molecule has 0 bridgehead atoms. The van der Waals surface area contributed by atoms with Gasteiger partial charge in [-0.1, -0.05) is 30.3 Å². The van der Waals surface area contributed by atoms with Gasteiger partial charge in [0.1, 0.15) is 29.4 Å². The number of hydrogen-bond donors (Lipinski definition) is 1. The molecular weight excluding hydrogens is 380 g/mol. The fourth-order valence-electron chi connectivity index (χ4n) is 3.41. The first-order valence-electron chi connectivity index (χ1n) is 9.61. The van der Waals surface area contributed by atoms with Gasteiger partial charge in [0.25, 0.3) is 5.91 Å². The summed E-state index contributed by atoms with van der Waals surface area (Å²) < 4.78 is 16.7. The summed E-state index contributed by atoms with van der Waals surface area (Å²) in [6, 6.07) is 19.0. The molecule has 1 heterocycles. The lowest BCUT2D eigenvalue weighted by atomic mass is 10.0. The Morgan fingerprint density at radius 1 is 0.900 bits per heavy atom. The number of nitrogens with zero attached hydrogens (tertiary/aromatic N) is 1. The Kier molecular flexibility index (Phi) is 5.66. The van der Waals surface area contributed by atoms with Gasteiger partial charge >= 0.3 is 0 Å². The fraction of sp³-hybridized carbons (Fsp3) is 0.167. The maximum absolute atomic E-state index is 12.8. The topological polar surface area (TPSA) is 69.7 Å². The molecular formula is C24H22N2O4. The summed E-state index contributed by atoms with van der Waals surface area (Å²) in [5.41, 5.74) is 1.27. The van der Waals surface area contributed by atoms with Crippen LogP contribution in [0.5, 0.6) is 17.2 Å². The summed E-state index contributed by atoms with van der Waals surface area (Å²) in [6.07, 6.45) is 1.73. The van der Waals surface area contributed by atoms with E-state index in [9.17, 15) is 4.79 Å². The molecule has 0 aliphatic heterocycles. The van der Waals surface area contributed by atoms with E-state index in [1.165, 1.54) is 0 Å². The van der Waals surface area contributed by atoms with Crippen molar-refractivity contribution in [3.05, 3.63) is 72.4 Å². The van der Waals surface area contributed by atoms with Gasteiger partial charge in [0, 0.05) is 17.0 Å². The van der Waals surface area contributed by atoms with Crippen molar-refractivity contribution in [1.29, 1.82) is 0 Å². The van der Waals surface area contributed by atoms with Crippen molar-refractivity contribution >= 4 is 27.6 Å². The van der Waals surface area contributed by atoms with Crippen LogP contribution in [0.3, 0.4) is 0 Å². The zero-order valence-corrected chi connectivity index (χ0v) is 16.8. The van der Waals surface area contributed by atoms with Gasteiger partial charge < -0.3 is 19.5 Å². The standard InChI is InChI=1S/C24H22N2O4/c1-28-20-9-4-7-17-14-19(22(29-2)15-18(17)20)24(27)26-12-13-30-21-10-3-6-16-8-5-11-25-23(16)21/h3-11,14-15H,12-13H2,1-2H3,(H,26,27). The van der Waals surface area contributed by atoms with Crippen LogP contribution in [0.4, 0.5) is 0 Å². The molecule has 3 aromatic carbocycles. The van der Waals surface area contributed by atoms with Crippen LogP contribution in [0.2, 0.25) is 0 Å². The van der Waals surface area contributed by atoms with E-state index < -0.39 is 0 Å². The lowest BCUT2D eigenvalue weighted by Gasteiger charge is -2.13. The van der Waals surface area contributed by atoms with Crippen LogP contribution in [-0.2, 0) is 0 Å². The number of ether oxygens (including phenoxy) is 3. The third-order valence-corrected chi connectivity index (χ3v) is 4.87. The lowest BCUT2D eigenvalue weighted by Crippen LogP contribution is -2.28.